The van der Waals surface area contributed by atoms with E-state index in [1.54, 1.807) is 0 Å². The molecular weight excluding hydrogens is 172 g/mol. The lowest BCUT2D eigenvalue weighted by atomic mass is 10.2. The van der Waals surface area contributed by atoms with Gasteiger partial charge in [0.25, 0.3) is 0 Å². The fourth-order valence-electron chi connectivity index (χ4n) is 0.795. The highest BCUT2D eigenvalue weighted by atomic mass is 16.4. The highest BCUT2D eigenvalue weighted by Crippen LogP contribution is 1.90. The van der Waals surface area contributed by atoms with Gasteiger partial charge in [0.05, 0.1) is 0 Å². The maximum Gasteiger partial charge on any atom is 0.330 e. The molecule has 0 saturated heterocycles. The fourth-order valence-corrected chi connectivity index (χ4v) is 0.795. The summed E-state index contributed by atoms with van der Waals surface area (Å²) < 4.78 is 0. The van der Waals surface area contributed by atoms with E-state index in [9.17, 15) is 9.59 Å². The second-order valence-electron chi connectivity index (χ2n) is 2.88. The van der Waals surface area contributed by atoms with Crippen molar-refractivity contribution in [3.63, 3.8) is 0 Å². The van der Waals surface area contributed by atoms with Crippen LogP contribution in [0.15, 0.2) is 0 Å². The van der Waals surface area contributed by atoms with Gasteiger partial charge in [0.1, 0.15) is 0 Å². The van der Waals surface area contributed by atoms with Gasteiger partial charge in [0, 0.05) is 6.04 Å². The van der Waals surface area contributed by atoms with Gasteiger partial charge < -0.3 is 10.4 Å². The van der Waals surface area contributed by atoms with Crippen LogP contribution in [-0.2, 0) is 9.59 Å². The summed E-state index contributed by atoms with van der Waals surface area (Å²) in [6.45, 7) is 3.74. The fraction of sp³-hybridized carbons (Fsp3) is 0.750. The second kappa shape index (κ2) is 5.53. The van der Waals surface area contributed by atoms with Crippen LogP contribution in [0.5, 0.6) is 0 Å². The zero-order valence-electron chi connectivity index (χ0n) is 8.13. The first kappa shape index (κ1) is 11.9. The summed E-state index contributed by atoms with van der Waals surface area (Å²) >= 11 is 0. The first-order chi connectivity index (χ1) is 6.02. The van der Waals surface area contributed by atoms with Gasteiger partial charge in [-0.3, -0.25) is 10.1 Å². The minimum Gasteiger partial charge on any atom is -0.480 e. The van der Waals surface area contributed by atoms with Gasteiger partial charge in [-0.1, -0.05) is 6.92 Å². The second-order valence-corrected chi connectivity index (χ2v) is 2.88. The first-order valence-corrected chi connectivity index (χ1v) is 4.23. The number of likely N-dealkylation sites (N-methyl/N-ethyl adjacent to an activating group) is 1. The molecule has 5 heteroatoms. The summed E-state index contributed by atoms with van der Waals surface area (Å²) in [6.07, 6.45) is 0.780. The summed E-state index contributed by atoms with van der Waals surface area (Å²) in [7, 11) is 1.44. The SMILES string of the molecule is CCC(C)NC(=O)C(NC)C(=O)O. The van der Waals surface area contributed by atoms with E-state index in [2.05, 4.69) is 10.6 Å². The molecule has 2 atom stereocenters. The summed E-state index contributed by atoms with van der Waals surface area (Å²) in [5.41, 5.74) is 0. The molecule has 0 aliphatic heterocycles. The number of aliphatic carboxylic acids is 1. The summed E-state index contributed by atoms with van der Waals surface area (Å²) in [4.78, 5) is 21.7. The van der Waals surface area contributed by atoms with Crippen LogP contribution < -0.4 is 10.6 Å². The van der Waals surface area contributed by atoms with Gasteiger partial charge >= 0.3 is 5.97 Å². The van der Waals surface area contributed by atoms with E-state index in [0.717, 1.165) is 6.42 Å². The highest BCUT2D eigenvalue weighted by molar-refractivity contribution is 6.01. The molecule has 0 spiro atoms. The van der Waals surface area contributed by atoms with E-state index in [-0.39, 0.29) is 6.04 Å². The van der Waals surface area contributed by atoms with Gasteiger partial charge in [-0.25, -0.2) is 4.79 Å². The van der Waals surface area contributed by atoms with E-state index >= 15 is 0 Å². The van der Waals surface area contributed by atoms with Crippen molar-refractivity contribution in [3.05, 3.63) is 0 Å². The Morgan fingerprint density at radius 1 is 1.46 bits per heavy atom. The number of carbonyl (C=O) groups excluding carboxylic acids is 1. The Kier molecular flexibility index (Phi) is 5.06. The molecular formula is C8H16N2O3. The average Bonchev–Trinajstić information content (AvgIpc) is 2.04. The molecule has 0 saturated carbocycles. The third kappa shape index (κ3) is 3.89. The van der Waals surface area contributed by atoms with Gasteiger partial charge in [-0.15, -0.1) is 0 Å². The predicted octanol–water partition coefficient (Wildman–Crippen LogP) is -0.426. The summed E-state index contributed by atoms with van der Waals surface area (Å²) in [5.74, 6) is -1.66. The zero-order chi connectivity index (χ0) is 10.4. The quantitative estimate of drug-likeness (QED) is 0.512. The molecule has 0 fully saturated rings. The number of nitrogens with one attached hydrogen (secondary N) is 2. The van der Waals surface area contributed by atoms with E-state index in [4.69, 9.17) is 5.11 Å². The van der Waals surface area contributed by atoms with Gasteiger partial charge in [-0.2, -0.15) is 0 Å². The van der Waals surface area contributed by atoms with Crippen molar-refractivity contribution in [1.29, 1.82) is 0 Å². The molecule has 5 nitrogen and oxygen atoms in total. The molecule has 0 heterocycles. The van der Waals surface area contributed by atoms with E-state index in [1.807, 2.05) is 13.8 Å². The minimum atomic E-state index is -1.16. The Balaban J connectivity index is 4.14. The molecule has 0 aromatic heterocycles. The number of carboxylic acid groups (broad SMARTS) is 1. The largest absolute Gasteiger partial charge is 0.480 e. The summed E-state index contributed by atoms with van der Waals surface area (Å²) in [5, 5.41) is 13.6. The lowest BCUT2D eigenvalue weighted by Gasteiger charge is -2.15. The molecule has 0 rings (SSSR count). The maximum absolute atomic E-state index is 11.2. The molecule has 3 N–H and O–H groups in total. The summed E-state index contributed by atoms with van der Waals surface area (Å²) in [6, 6.07) is -1.16. The van der Waals surface area contributed by atoms with Crippen LogP contribution in [0.3, 0.4) is 0 Å². The van der Waals surface area contributed by atoms with Gasteiger partial charge in [-0.05, 0) is 20.4 Å². The normalized spacial score (nSPS) is 14.7. The number of carbonyl (C=O) groups is 2. The highest BCUT2D eigenvalue weighted by Gasteiger charge is 2.24. The van der Waals surface area contributed by atoms with Crippen molar-refractivity contribution < 1.29 is 14.7 Å². The van der Waals surface area contributed by atoms with Crippen LogP contribution in [0.25, 0.3) is 0 Å². The molecule has 13 heavy (non-hydrogen) atoms. The minimum absolute atomic E-state index is 0.00250. The Morgan fingerprint density at radius 3 is 2.31 bits per heavy atom. The molecule has 76 valence electrons. The Morgan fingerprint density at radius 2 is 2.00 bits per heavy atom. The first-order valence-electron chi connectivity index (χ1n) is 4.23. The molecule has 2 unspecified atom stereocenters. The lowest BCUT2D eigenvalue weighted by Crippen LogP contribution is -2.50. The third-order valence-electron chi connectivity index (χ3n) is 1.80. The molecule has 0 aliphatic carbocycles. The number of hydrogen-bond acceptors (Lipinski definition) is 3. The standard InChI is InChI=1S/C8H16N2O3/c1-4-5(2)10-7(11)6(9-3)8(12)13/h5-6,9H,4H2,1-3H3,(H,10,11)(H,12,13). The van der Waals surface area contributed by atoms with Crippen LogP contribution in [0.1, 0.15) is 20.3 Å². The zero-order valence-corrected chi connectivity index (χ0v) is 8.13. The molecule has 0 radical (unpaired) electrons. The van der Waals surface area contributed by atoms with Crippen LogP contribution in [0, 0.1) is 0 Å². The topological polar surface area (TPSA) is 78.4 Å². The third-order valence-corrected chi connectivity index (χ3v) is 1.80. The van der Waals surface area contributed by atoms with E-state index in [0.29, 0.717) is 0 Å². The van der Waals surface area contributed by atoms with Crippen molar-refractivity contribution in [3.8, 4) is 0 Å². The van der Waals surface area contributed by atoms with Crippen LogP contribution in [-0.4, -0.2) is 36.1 Å². The molecule has 0 bridgehead atoms. The van der Waals surface area contributed by atoms with Crippen molar-refractivity contribution in [1.82, 2.24) is 10.6 Å². The van der Waals surface area contributed by atoms with Crippen molar-refractivity contribution in [2.24, 2.45) is 0 Å². The lowest BCUT2D eigenvalue weighted by molar-refractivity contribution is -0.144. The monoisotopic (exact) mass is 188 g/mol. The average molecular weight is 188 g/mol. The number of rotatable bonds is 5. The smallest absolute Gasteiger partial charge is 0.330 e. The molecule has 0 aromatic carbocycles. The van der Waals surface area contributed by atoms with Crippen molar-refractivity contribution in [2.75, 3.05) is 7.05 Å². The molecule has 1 amide bonds. The molecule has 0 aromatic rings. The molecule has 0 aliphatic rings. The maximum atomic E-state index is 11.2. The number of amides is 1. The van der Waals surface area contributed by atoms with Crippen molar-refractivity contribution >= 4 is 11.9 Å². The Labute approximate surface area is 77.5 Å². The number of hydrogen-bond donors (Lipinski definition) is 3. The van der Waals surface area contributed by atoms with Crippen LogP contribution >= 0.6 is 0 Å². The predicted molar refractivity (Wildman–Crippen MR) is 48.4 cm³/mol. The Hall–Kier alpha value is -1.10. The number of carboxylic acids is 1. The van der Waals surface area contributed by atoms with Crippen LogP contribution in [0.2, 0.25) is 0 Å². The van der Waals surface area contributed by atoms with E-state index < -0.39 is 17.9 Å². The Bertz CT molecular complexity index is 194. The van der Waals surface area contributed by atoms with Crippen molar-refractivity contribution in [2.45, 2.75) is 32.4 Å². The van der Waals surface area contributed by atoms with Gasteiger partial charge in [0.15, 0.2) is 6.04 Å². The van der Waals surface area contributed by atoms with Gasteiger partial charge in [0.2, 0.25) is 5.91 Å². The van der Waals surface area contributed by atoms with E-state index in [1.165, 1.54) is 7.05 Å². The van der Waals surface area contributed by atoms with Crippen LogP contribution in [0.4, 0.5) is 0 Å².